The minimum absolute atomic E-state index is 0.207. The van der Waals surface area contributed by atoms with E-state index < -0.39 is 48.6 Å². The van der Waals surface area contributed by atoms with Crippen LogP contribution in [0.4, 0.5) is 0 Å². The summed E-state index contributed by atoms with van der Waals surface area (Å²) in [5.74, 6) is -4.27. The number of hydrogen-bond acceptors (Lipinski definition) is 7. The second kappa shape index (κ2) is 8.63. The van der Waals surface area contributed by atoms with Crippen LogP contribution >= 0.6 is 0 Å². The van der Waals surface area contributed by atoms with E-state index in [0.29, 0.717) is 0 Å². The number of fused-ring (bicyclic) bond motifs is 2. The SMILES string of the molecule is O=C(O)CNC(=O)CN(CN1C(=O)c2ccccc2C1=O)CN1C(=O)c2ccccc2C1=O. The molecular weight excluding hydrogens is 432 g/mol. The second-order valence-corrected chi connectivity index (χ2v) is 7.45. The first-order chi connectivity index (χ1) is 15.8. The zero-order valence-electron chi connectivity index (χ0n) is 17.2. The van der Waals surface area contributed by atoms with Crippen LogP contribution in [0.2, 0.25) is 0 Å². The van der Waals surface area contributed by atoms with Crippen LogP contribution in [0.3, 0.4) is 0 Å². The van der Waals surface area contributed by atoms with Crippen molar-refractivity contribution >= 4 is 35.5 Å². The maximum absolute atomic E-state index is 12.7. The van der Waals surface area contributed by atoms with Crippen molar-refractivity contribution in [3.63, 3.8) is 0 Å². The Morgan fingerprint density at radius 2 is 1.09 bits per heavy atom. The van der Waals surface area contributed by atoms with E-state index in [1.54, 1.807) is 24.3 Å². The second-order valence-electron chi connectivity index (χ2n) is 7.45. The number of hydrogen-bond donors (Lipinski definition) is 2. The molecule has 5 amide bonds. The Kier molecular flexibility index (Phi) is 5.71. The molecule has 0 aromatic heterocycles. The standard InChI is InChI=1S/C22H18N4O7/c27-17(23-9-18(28)29)10-24(11-25-19(30)13-5-1-2-6-14(13)20(25)31)12-26-21(32)15-7-3-4-8-16(15)22(26)33/h1-8H,9-12H2,(H,23,27)(H,28,29). The van der Waals surface area contributed by atoms with Crippen molar-refractivity contribution in [2.75, 3.05) is 26.4 Å². The summed E-state index contributed by atoms with van der Waals surface area (Å²) >= 11 is 0. The molecule has 0 saturated heterocycles. The molecule has 2 aromatic carbocycles. The summed E-state index contributed by atoms with van der Waals surface area (Å²) in [6, 6.07) is 12.5. The molecule has 0 fully saturated rings. The molecule has 2 aliphatic rings. The molecule has 0 spiro atoms. The van der Waals surface area contributed by atoms with E-state index in [2.05, 4.69) is 5.32 Å². The summed E-state index contributed by atoms with van der Waals surface area (Å²) < 4.78 is 0. The van der Waals surface area contributed by atoms with Gasteiger partial charge in [0.1, 0.15) is 6.54 Å². The molecule has 2 heterocycles. The third kappa shape index (κ3) is 4.08. The number of benzene rings is 2. The highest BCUT2D eigenvalue weighted by atomic mass is 16.4. The van der Waals surface area contributed by atoms with E-state index in [9.17, 15) is 28.8 Å². The van der Waals surface area contributed by atoms with Crippen LogP contribution in [0.15, 0.2) is 48.5 Å². The number of amides is 5. The zero-order chi connectivity index (χ0) is 23.7. The highest BCUT2D eigenvalue weighted by Gasteiger charge is 2.39. The number of carbonyl (C=O) groups is 6. The number of rotatable bonds is 8. The summed E-state index contributed by atoms with van der Waals surface area (Å²) in [5, 5.41) is 11.0. The van der Waals surface area contributed by atoms with Crippen molar-refractivity contribution in [3.8, 4) is 0 Å². The van der Waals surface area contributed by atoms with E-state index >= 15 is 0 Å². The Hall–Kier alpha value is -4.38. The molecule has 0 radical (unpaired) electrons. The lowest BCUT2D eigenvalue weighted by atomic mass is 10.1. The van der Waals surface area contributed by atoms with Crippen molar-refractivity contribution in [2.24, 2.45) is 0 Å². The van der Waals surface area contributed by atoms with Gasteiger partial charge in [0.25, 0.3) is 23.6 Å². The first kappa shape index (κ1) is 21.8. The molecule has 11 nitrogen and oxygen atoms in total. The van der Waals surface area contributed by atoms with Crippen LogP contribution in [0.5, 0.6) is 0 Å². The molecule has 0 aliphatic carbocycles. The van der Waals surface area contributed by atoms with Gasteiger partial charge in [-0.05, 0) is 24.3 Å². The highest BCUT2D eigenvalue weighted by Crippen LogP contribution is 2.25. The quantitative estimate of drug-likeness (QED) is 0.535. The van der Waals surface area contributed by atoms with Crippen molar-refractivity contribution in [2.45, 2.75) is 0 Å². The molecule has 4 rings (SSSR count). The Morgan fingerprint density at radius 1 is 0.727 bits per heavy atom. The third-order valence-corrected chi connectivity index (χ3v) is 5.24. The van der Waals surface area contributed by atoms with Crippen molar-refractivity contribution in [1.82, 2.24) is 20.0 Å². The molecule has 2 aromatic rings. The molecule has 11 heteroatoms. The molecule has 2 aliphatic heterocycles. The van der Waals surface area contributed by atoms with E-state index in [0.717, 1.165) is 9.80 Å². The Bertz CT molecular complexity index is 1060. The Balaban J connectivity index is 1.56. The monoisotopic (exact) mass is 450 g/mol. The third-order valence-electron chi connectivity index (χ3n) is 5.24. The lowest BCUT2D eigenvalue weighted by Gasteiger charge is -2.29. The first-order valence-electron chi connectivity index (χ1n) is 9.89. The maximum atomic E-state index is 12.7. The summed E-state index contributed by atoms with van der Waals surface area (Å²) in [7, 11) is 0. The molecule has 0 saturated carbocycles. The number of carboxylic acids is 1. The van der Waals surface area contributed by atoms with E-state index in [1.807, 2.05) is 0 Å². The molecular formula is C22H18N4O7. The molecule has 33 heavy (non-hydrogen) atoms. The number of carboxylic acid groups (broad SMARTS) is 1. The Labute approximate surface area is 187 Å². The van der Waals surface area contributed by atoms with Gasteiger partial charge in [-0.3, -0.25) is 43.5 Å². The van der Waals surface area contributed by atoms with Crippen LogP contribution < -0.4 is 5.32 Å². The van der Waals surface area contributed by atoms with Gasteiger partial charge in [0.05, 0.1) is 42.1 Å². The highest BCUT2D eigenvalue weighted by molar-refractivity contribution is 6.22. The Morgan fingerprint density at radius 3 is 1.42 bits per heavy atom. The zero-order valence-corrected chi connectivity index (χ0v) is 17.2. The van der Waals surface area contributed by atoms with Gasteiger partial charge in [-0.2, -0.15) is 0 Å². The molecule has 168 valence electrons. The van der Waals surface area contributed by atoms with E-state index in [1.165, 1.54) is 29.2 Å². The number of carbonyl (C=O) groups excluding carboxylic acids is 5. The predicted molar refractivity (Wildman–Crippen MR) is 111 cm³/mol. The van der Waals surface area contributed by atoms with Gasteiger partial charge in [-0.25, -0.2) is 0 Å². The summed E-state index contributed by atoms with van der Waals surface area (Å²) in [5.41, 5.74) is 0.828. The van der Waals surface area contributed by atoms with Gasteiger partial charge < -0.3 is 10.4 Å². The van der Waals surface area contributed by atoms with Crippen molar-refractivity contribution < 1.29 is 33.9 Å². The molecule has 2 N–H and O–H groups in total. The topological polar surface area (TPSA) is 144 Å². The normalized spacial score (nSPS) is 14.7. The van der Waals surface area contributed by atoms with Crippen LogP contribution in [0.25, 0.3) is 0 Å². The predicted octanol–water partition coefficient (Wildman–Crippen LogP) is -0.00340. The van der Waals surface area contributed by atoms with E-state index in [4.69, 9.17) is 5.11 Å². The fourth-order valence-electron chi connectivity index (χ4n) is 3.71. The van der Waals surface area contributed by atoms with E-state index in [-0.39, 0.29) is 35.6 Å². The van der Waals surface area contributed by atoms with Crippen molar-refractivity contribution in [1.29, 1.82) is 0 Å². The summed E-state index contributed by atoms with van der Waals surface area (Å²) in [6.45, 7) is -1.87. The average molecular weight is 450 g/mol. The number of nitrogens with zero attached hydrogens (tertiary/aromatic N) is 3. The van der Waals surface area contributed by atoms with Gasteiger partial charge in [0.2, 0.25) is 5.91 Å². The van der Waals surface area contributed by atoms with Crippen LogP contribution in [0, 0.1) is 0 Å². The number of imide groups is 2. The lowest BCUT2D eigenvalue weighted by molar-refractivity contribution is -0.138. The van der Waals surface area contributed by atoms with Crippen LogP contribution in [-0.2, 0) is 9.59 Å². The smallest absolute Gasteiger partial charge is 0.322 e. The maximum Gasteiger partial charge on any atom is 0.322 e. The number of aliphatic carboxylic acids is 1. The summed E-state index contributed by atoms with van der Waals surface area (Å²) in [4.78, 5) is 77.1. The number of nitrogens with one attached hydrogen (secondary N) is 1. The van der Waals surface area contributed by atoms with Gasteiger partial charge in [-0.15, -0.1) is 0 Å². The van der Waals surface area contributed by atoms with Gasteiger partial charge >= 0.3 is 5.97 Å². The van der Waals surface area contributed by atoms with Gasteiger partial charge in [0.15, 0.2) is 0 Å². The van der Waals surface area contributed by atoms with Crippen LogP contribution in [-0.4, -0.2) is 81.7 Å². The first-order valence-corrected chi connectivity index (χ1v) is 9.89. The van der Waals surface area contributed by atoms with Crippen LogP contribution in [0.1, 0.15) is 41.4 Å². The van der Waals surface area contributed by atoms with Crippen molar-refractivity contribution in [3.05, 3.63) is 70.8 Å². The molecule has 0 bridgehead atoms. The molecule has 0 unspecified atom stereocenters. The van der Waals surface area contributed by atoms with Gasteiger partial charge in [0, 0.05) is 0 Å². The lowest BCUT2D eigenvalue weighted by Crippen LogP contribution is -2.51. The fourth-order valence-corrected chi connectivity index (χ4v) is 3.71. The molecule has 0 atom stereocenters. The average Bonchev–Trinajstić information content (AvgIpc) is 3.19. The van der Waals surface area contributed by atoms with Gasteiger partial charge in [-0.1, -0.05) is 24.3 Å². The largest absolute Gasteiger partial charge is 0.480 e. The fraction of sp³-hybridized carbons (Fsp3) is 0.182. The minimum atomic E-state index is -1.25. The summed E-state index contributed by atoms with van der Waals surface area (Å²) in [6.07, 6.45) is 0. The minimum Gasteiger partial charge on any atom is -0.480 e.